The van der Waals surface area contributed by atoms with Crippen LogP contribution in [-0.2, 0) is 11.2 Å². The summed E-state index contributed by atoms with van der Waals surface area (Å²) >= 11 is 0. The van der Waals surface area contributed by atoms with Crippen molar-refractivity contribution in [1.82, 2.24) is 4.90 Å². The van der Waals surface area contributed by atoms with Gasteiger partial charge in [-0.05, 0) is 76.1 Å². The lowest BCUT2D eigenvalue weighted by atomic mass is 9.78. The van der Waals surface area contributed by atoms with Crippen LogP contribution in [0.3, 0.4) is 0 Å². The van der Waals surface area contributed by atoms with Crippen molar-refractivity contribution in [2.75, 3.05) is 13.1 Å². The van der Waals surface area contributed by atoms with Crippen LogP contribution in [0.4, 0.5) is 0 Å². The first-order chi connectivity index (χ1) is 10.1. The minimum absolute atomic E-state index is 0.289. The van der Waals surface area contributed by atoms with Crippen molar-refractivity contribution in [3.63, 3.8) is 0 Å². The maximum absolute atomic E-state index is 12.9. The zero-order valence-electron chi connectivity index (χ0n) is 13.4. The van der Waals surface area contributed by atoms with Crippen molar-refractivity contribution < 1.29 is 4.79 Å². The molecule has 1 heterocycles. The Hall–Kier alpha value is -1.15. The lowest BCUT2D eigenvalue weighted by Crippen LogP contribution is -2.49. The number of ketones is 1. The monoisotopic (exact) mass is 285 g/mol. The molecular formula is C19H27NO. The van der Waals surface area contributed by atoms with Gasteiger partial charge in [-0.25, -0.2) is 0 Å². The van der Waals surface area contributed by atoms with E-state index in [4.69, 9.17) is 0 Å². The van der Waals surface area contributed by atoms with Gasteiger partial charge in [0.25, 0.3) is 0 Å². The van der Waals surface area contributed by atoms with Crippen molar-refractivity contribution in [2.45, 2.75) is 63.8 Å². The number of carbonyl (C=O) groups is 1. The standard InChI is InChI=1S/C19H27NO/c1-19(2,20-12-5-6-13-20)18(21)14-16-10-7-9-15-8-3-4-11-17(15)16/h3-4,8,11,16H,5-7,9-10,12-14H2,1-2H3. The van der Waals surface area contributed by atoms with Gasteiger partial charge in [0.2, 0.25) is 0 Å². The Morgan fingerprint density at radius 2 is 1.90 bits per heavy atom. The van der Waals surface area contributed by atoms with Gasteiger partial charge in [0.15, 0.2) is 5.78 Å². The van der Waals surface area contributed by atoms with Crippen molar-refractivity contribution >= 4 is 5.78 Å². The molecule has 2 aliphatic rings. The summed E-state index contributed by atoms with van der Waals surface area (Å²) in [5.41, 5.74) is 2.60. The number of rotatable bonds is 4. The molecule has 0 spiro atoms. The molecule has 0 N–H and O–H groups in total. The molecule has 21 heavy (non-hydrogen) atoms. The number of nitrogens with zero attached hydrogens (tertiary/aromatic N) is 1. The minimum Gasteiger partial charge on any atom is -0.298 e. The first kappa shape index (κ1) is 14.8. The predicted molar refractivity (Wildman–Crippen MR) is 86.6 cm³/mol. The van der Waals surface area contributed by atoms with Crippen LogP contribution in [-0.4, -0.2) is 29.3 Å². The summed E-state index contributed by atoms with van der Waals surface area (Å²) in [4.78, 5) is 15.3. The van der Waals surface area contributed by atoms with Gasteiger partial charge < -0.3 is 0 Å². The fourth-order valence-corrected chi connectivity index (χ4v) is 3.99. The molecule has 1 atom stereocenters. The van der Waals surface area contributed by atoms with Crippen molar-refractivity contribution in [1.29, 1.82) is 0 Å². The number of hydrogen-bond acceptors (Lipinski definition) is 2. The number of Topliss-reactive ketones (excluding diaryl/α,β-unsaturated/α-hetero) is 1. The van der Waals surface area contributed by atoms with E-state index in [1.165, 1.54) is 43.2 Å². The van der Waals surface area contributed by atoms with Gasteiger partial charge >= 0.3 is 0 Å². The molecule has 114 valence electrons. The molecule has 3 rings (SSSR count). The number of carbonyl (C=O) groups excluding carboxylic acids is 1. The maximum Gasteiger partial charge on any atom is 0.153 e. The van der Waals surface area contributed by atoms with Crippen molar-refractivity contribution in [2.24, 2.45) is 0 Å². The van der Waals surface area contributed by atoms with Gasteiger partial charge in [-0.2, -0.15) is 0 Å². The smallest absolute Gasteiger partial charge is 0.153 e. The largest absolute Gasteiger partial charge is 0.298 e. The highest BCUT2D eigenvalue weighted by molar-refractivity contribution is 5.88. The van der Waals surface area contributed by atoms with Crippen LogP contribution in [0.5, 0.6) is 0 Å². The van der Waals surface area contributed by atoms with Gasteiger partial charge in [-0.15, -0.1) is 0 Å². The van der Waals surface area contributed by atoms with E-state index in [0.717, 1.165) is 13.1 Å². The van der Waals surface area contributed by atoms with Gasteiger partial charge in [0.05, 0.1) is 5.54 Å². The Bertz CT molecular complexity index is 514. The highest BCUT2D eigenvalue weighted by Crippen LogP contribution is 2.36. The third-order valence-corrected chi connectivity index (χ3v) is 5.50. The lowest BCUT2D eigenvalue weighted by molar-refractivity contribution is -0.129. The summed E-state index contributed by atoms with van der Waals surface area (Å²) in [5, 5.41) is 0. The molecule has 0 bridgehead atoms. The normalized spacial score (nSPS) is 23.0. The van der Waals surface area contributed by atoms with Crippen molar-refractivity contribution in [3.05, 3.63) is 35.4 Å². The van der Waals surface area contributed by atoms with Gasteiger partial charge in [-0.1, -0.05) is 24.3 Å². The van der Waals surface area contributed by atoms with E-state index in [1.807, 2.05) is 0 Å². The number of aryl methyl sites for hydroxylation is 1. The second-order valence-electron chi connectivity index (χ2n) is 7.17. The van der Waals surface area contributed by atoms with Gasteiger partial charge in [0.1, 0.15) is 0 Å². The molecule has 1 unspecified atom stereocenters. The second kappa shape index (κ2) is 5.92. The Morgan fingerprint density at radius 1 is 1.19 bits per heavy atom. The third kappa shape index (κ3) is 2.91. The van der Waals surface area contributed by atoms with E-state index in [2.05, 4.69) is 43.0 Å². The van der Waals surface area contributed by atoms with Crippen LogP contribution in [0.25, 0.3) is 0 Å². The molecule has 1 saturated heterocycles. The Morgan fingerprint density at radius 3 is 2.67 bits per heavy atom. The maximum atomic E-state index is 12.9. The molecule has 0 aromatic heterocycles. The summed E-state index contributed by atoms with van der Waals surface area (Å²) in [7, 11) is 0. The summed E-state index contributed by atoms with van der Waals surface area (Å²) < 4.78 is 0. The first-order valence-corrected chi connectivity index (χ1v) is 8.45. The Kier molecular flexibility index (Phi) is 4.17. The number of benzene rings is 1. The molecule has 1 aromatic rings. The van der Waals surface area contributed by atoms with E-state index < -0.39 is 0 Å². The van der Waals surface area contributed by atoms with Crippen LogP contribution < -0.4 is 0 Å². The van der Waals surface area contributed by atoms with Crippen LogP contribution in [0.1, 0.15) is 63.0 Å². The molecule has 0 radical (unpaired) electrons. The van der Waals surface area contributed by atoms with Crippen LogP contribution in [0, 0.1) is 0 Å². The zero-order chi connectivity index (χ0) is 14.9. The average molecular weight is 285 g/mol. The van der Waals surface area contributed by atoms with Crippen LogP contribution in [0.2, 0.25) is 0 Å². The molecule has 0 saturated carbocycles. The number of fused-ring (bicyclic) bond motifs is 1. The molecule has 1 aliphatic carbocycles. The quantitative estimate of drug-likeness (QED) is 0.835. The first-order valence-electron chi connectivity index (χ1n) is 8.45. The van der Waals surface area contributed by atoms with Gasteiger partial charge in [0, 0.05) is 6.42 Å². The lowest BCUT2D eigenvalue weighted by Gasteiger charge is -2.36. The second-order valence-corrected chi connectivity index (χ2v) is 7.17. The molecular weight excluding hydrogens is 258 g/mol. The summed E-state index contributed by atoms with van der Waals surface area (Å²) in [6.45, 7) is 6.41. The van der Waals surface area contributed by atoms with E-state index >= 15 is 0 Å². The van der Waals surface area contributed by atoms with Gasteiger partial charge in [-0.3, -0.25) is 9.69 Å². The minimum atomic E-state index is -0.289. The van der Waals surface area contributed by atoms with Crippen LogP contribution >= 0.6 is 0 Å². The fourth-order valence-electron chi connectivity index (χ4n) is 3.99. The third-order valence-electron chi connectivity index (χ3n) is 5.50. The number of likely N-dealkylation sites (tertiary alicyclic amines) is 1. The SMILES string of the molecule is CC(C)(C(=O)CC1CCCc2ccccc21)N1CCCC1. The van der Waals surface area contributed by atoms with E-state index in [1.54, 1.807) is 0 Å². The summed E-state index contributed by atoms with van der Waals surface area (Å²) in [5.74, 6) is 0.857. The van der Waals surface area contributed by atoms with E-state index in [0.29, 0.717) is 18.1 Å². The van der Waals surface area contributed by atoms with E-state index in [9.17, 15) is 4.79 Å². The highest BCUT2D eigenvalue weighted by atomic mass is 16.1. The van der Waals surface area contributed by atoms with Crippen molar-refractivity contribution in [3.8, 4) is 0 Å². The molecule has 1 fully saturated rings. The Labute approximate surface area is 128 Å². The molecule has 1 aliphatic heterocycles. The molecule has 2 heteroatoms. The fraction of sp³-hybridized carbons (Fsp3) is 0.632. The zero-order valence-corrected chi connectivity index (χ0v) is 13.4. The van der Waals surface area contributed by atoms with Crippen LogP contribution in [0.15, 0.2) is 24.3 Å². The topological polar surface area (TPSA) is 20.3 Å². The molecule has 1 aromatic carbocycles. The summed E-state index contributed by atoms with van der Waals surface area (Å²) in [6.07, 6.45) is 6.75. The highest BCUT2D eigenvalue weighted by Gasteiger charge is 2.37. The average Bonchev–Trinajstić information content (AvgIpc) is 3.02. The Balaban J connectivity index is 1.73. The van der Waals surface area contributed by atoms with E-state index in [-0.39, 0.29) is 5.54 Å². The number of hydrogen-bond donors (Lipinski definition) is 0. The molecule has 2 nitrogen and oxygen atoms in total. The predicted octanol–water partition coefficient (Wildman–Crippen LogP) is 3.94. The summed E-state index contributed by atoms with van der Waals surface area (Å²) in [6, 6.07) is 8.71. The molecule has 0 amide bonds.